The summed E-state index contributed by atoms with van der Waals surface area (Å²) in [6.45, 7) is 1.97. The van der Waals surface area contributed by atoms with E-state index in [1.807, 2.05) is 12.2 Å². The maximum absolute atomic E-state index is 12.9. The second kappa shape index (κ2) is 37.2. The summed E-state index contributed by atoms with van der Waals surface area (Å²) in [6.07, 6.45) is 21.6. The van der Waals surface area contributed by atoms with Crippen LogP contribution in [0.3, 0.4) is 0 Å². The van der Waals surface area contributed by atoms with Crippen molar-refractivity contribution in [3.63, 3.8) is 0 Å². The minimum Gasteiger partial charge on any atom is -0.462 e. The van der Waals surface area contributed by atoms with Gasteiger partial charge in [0.25, 0.3) is 0 Å². The Morgan fingerprint density at radius 1 is 0.729 bits per heavy atom. The van der Waals surface area contributed by atoms with Crippen LogP contribution in [0, 0.1) is 0 Å². The highest BCUT2D eigenvalue weighted by molar-refractivity contribution is 7.61. The van der Waals surface area contributed by atoms with E-state index in [0.29, 0.717) is 38.5 Å². The van der Waals surface area contributed by atoms with Crippen molar-refractivity contribution in [1.82, 2.24) is 9.55 Å². The molecule has 1 aliphatic rings. The molecular formula is C48H87N3O17P2. The molecule has 0 radical (unpaired) electrons. The third kappa shape index (κ3) is 29.2. The number of carbonyl (C=O) groups is 2. The molecule has 0 saturated carbocycles. The van der Waals surface area contributed by atoms with Crippen LogP contribution >= 0.6 is 15.6 Å². The third-order valence-corrected chi connectivity index (χ3v) is 14.7. The van der Waals surface area contributed by atoms with E-state index in [9.17, 15) is 53.7 Å². The molecule has 0 bridgehead atoms. The zero-order valence-electron chi connectivity index (χ0n) is 41.8. The predicted molar refractivity (Wildman–Crippen MR) is 264 cm³/mol. The predicted octanol–water partition coefficient (Wildman–Crippen LogP) is 8.39. The van der Waals surface area contributed by atoms with Gasteiger partial charge in [0.2, 0.25) is 0 Å². The highest BCUT2D eigenvalue weighted by Crippen LogP contribution is 2.60. The first kappa shape index (κ1) is 63.5. The van der Waals surface area contributed by atoms with Crippen LogP contribution in [0.15, 0.2) is 29.2 Å². The summed E-state index contributed by atoms with van der Waals surface area (Å²) in [6, 6.07) is 1.24. The maximum Gasteiger partial charge on any atom is 0.481 e. The summed E-state index contributed by atoms with van der Waals surface area (Å²) in [5.41, 5.74) is 4.57. The number of phosphoric ester groups is 2. The molecule has 0 spiro atoms. The van der Waals surface area contributed by atoms with Crippen LogP contribution in [-0.2, 0) is 46.3 Å². The Bertz CT molecular complexity index is 1760. The van der Waals surface area contributed by atoms with Crippen LogP contribution in [0.4, 0.5) is 5.82 Å². The number of phosphoric acid groups is 2. The largest absolute Gasteiger partial charge is 0.481 e. The number of ether oxygens (including phenoxy) is 3. The fraction of sp³-hybridized carbons (Fsp3) is 0.833. The van der Waals surface area contributed by atoms with Gasteiger partial charge in [-0.25, -0.2) is 13.9 Å². The first-order chi connectivity index (χ1) is 33.5. The molecule has 22 heteroatoms. The van der Waals surface area contributed by atoms with E-state index in [1.165, 1.54) is 70.3 Å². The monoisotopic (exact) mass is 1040 g/mol. The Hall–Kier alpha value is -2.58. The van der Waals surface area contributed by atoms with Gasteiger partial charge in [0.05, 0.1) is 25.4 Å². The fourth-order valence-electron chi connectivity index (χ4n) is 7.87. The minimum absolute atomic E-state index is 0.0238. The number of unbranched alkanes of at least 4 members (excludes halogenated alkanes) is 21. The van der Waals surface area contributed by atoms with Crippen molar-refractivity contribution < 1.29 is 76.5 Å². The molecule has 2 heterocycles. The summed E-state index contributed by atoms with van der Waals surface area (Å²) in [5.74, 6) is -1.41. The summed E-state index contributed by atoms with van der Waals surface area (Å²) < 4.78 is 56.7. The number of allylic oxidation sites excluding steroid dienone is 1. The van der Waals surface area contributed by atoms with E-state index < -0.39 is 95.9 Å². The first-order valence-corrected chi connectivity index (χ1v) is 28.9. The fourth-order valence-corrected chi connectivity index (χ4v) is 9.98. The maximum atomic E-state index is 12.9. The number of hydrogen-bond donors (Lipinski definition) is 7. The number of anilines is 1. The molecule has 2 rings (SSSR count). The number of nitrogens with two attached hydrogens (primary N) is 1. The molecule has 70 heavy (non-hydrogen) atoms. The zero-order chi connectivity index (χ0) is 51.6. The van der Waals surface area contributed by atoms with Gasteiger partial charge in [0.15, 0.2) is 12.3 Å². The first-order valence-electron chi connectivity index (χ1n) is 25.9. The molecule has 0 amide bonds. The number of carbonyl (C=O) groups excluding carboxylic acids is 2. The van der Waals surface area contributed by atoms with Gasteiger partial charge in [-0.2, -0.15) is 9.29 Å². The molecule has 406 valence electrons. The van der Waals surface area contributed by atoms with Crippen LogP contribution in [-0.4, -0.2) is 108 Å². The normalized spacial score (nSPS) is 20.2. The van der Waals surface area contributed by atoms with Crippen molar-refractivity contribution in [2.24, 2.45) is 0 Å². The molecule has 1 aromatic rings. The van der Waals surface area contributed by atoms with Gasteiger partial charge in [-0.15, -0.1) is 0 Å². The van der Waals surface area contributed by atoms with Gasteiger partial charge in [0, 0.05) is 19.0 Å². The number of nitrogens with zero attached hydrogens (tertiary/aromatic N) is 2. The second-order valence-electron chi connectivity index (χ2n) is 18.3. The number of esters is 2. The van der Waals surface area contributed by atoms with Crippen molar-refractivity contribution in [1.29, 1.82) is 0 Å². The standard InChI is InChI=1S/C48H87N3O17P2/c1-3-5-7-9-11-12-13-14-15-16-17-18-19-23-28-32-44(55)66-38(35-63-43(54)31-27-24-20-22-26-30-40(53)39(52)29-25-21-10-8-6-4-2)36-64-69(59,60)68-70(61,62)65-37-41-45(56)46(57)47(67-41)51-34-33-42(49)50-48(51)58/h21,25,33-34,38-41,45-47,52-53,56-57H,3-20,22-24,26-32,35-37H2,1-2H3,(H,59,60)(H,61,62)(H2,49,50,58)/b25-21-/t38-,39-,40-,41-,45-,46-,47-/m1/s1. The van der Waals surface area contributed by atoms with Crippen LogP contribution in [0.2, 0.25) is 0 Å². The van der Waals surface area contributed by atoms with Gasteiger partial charge in [-0.05, 0) is 44.6 Å². The Labute approximate surface area is 415 Å². The van der Waals surface area contributed by atoms with Crippen molar-refractivity contribution in [2.45, 2.75) is 236 Å². The molecule has 1 fully saturated rings. The highest BCUT2D eigenvalue weighted by atomic mass is 31.3. The summed E-state index contributed by atoms with van der Waals surface area (Å²) in [7, 11) is -10.9. The SMILES string of the molecule is CCCCC/C=C\C[C@@H](O)[C@H](O)CCCCCCCC(=O)OC[C@H](COP(=O)(O)OP(=O)(O)OC[C@H]1O[C@@H](n2ccc(N)nc2=O)[C@H](O)[C@@H]1O)OC(=O)CCCCCCCCCCCCCCCCC. The lowest BCUT2D eigenvalue weighted by Gasteiger charge is -2.21. The Morgan fingerprint density at radius 3 is 1.84 bits per heavy atom. The van der Waals surface area contributed by atoms with Gasteiger partial charge in [0.1, 0.15) is 30.7 Å². The van der Waals surface area contributed by atoms with Crippen molar-refractivity contribution in [2.75, 3.05) is 25.6 Å². The van der Waals surface area contributed by atoms with E-state index in [1.54, 1.807) is 0 Å². The molecule has 8 N–H and O–H groups in total. The van der Waals surface area contributed by atoms with Crippen LogP contribution in [0.5, 0.6) is 0 Å². The van der Waals surface area contributed by atoms with E-state index in [-0.39, 0.29) is 18.7 Å². The van der Waals surface area contributed by atoms with E-state index in [2.05, 4.69) is 23.1 Å². The molecule has 1 aliphatic heterocycles. The number of rotatable bonds is 43. The molecule has 1 aromatic heterocycles. The lowest BCUT2D eigenvalue weighted by molar-refractivity contribution is -0.161. The lowest BCUT2D eigenvalue weighted by atomic mass is 10.0. The average molecular weight is 1040 g/mol. The molecule has 9 atom stereocenters. The number of aliphatic hydroxyl groups excluding tert-OH is 4. The highest BCUT2D eigenvalue weighted by Gasteiger charge is 2.46. The van der Waals surface area contributed by atoms with Crippen molar-refractivity contribution >= 4 is 33.4 Å². The van der Waals surface area contributed by atoms with Crippen LogP contribution in [0.25, 0.3) is 0 Å². The van der Waals surface area contributed by atoms with Crippen LogP contribution in [0.1, 0.15) is 200 Å². The van der Waals surface area contributed by atoms with Gasteiger partial charge >= 0.3 is 33.3 Å². The summed E-state index contributed by atoms with van der Waals surface area (Å²) in [4.78, 5) is 61.9. The quantitative estimate of drug-likeness (QED) is 0.0140. The van der Waals surface area contributed by atoms with Gasteiger partial charge in [-0.3, -0.25) is 23.2 Å². The molecule has 1 saturated heterocycles. The summed E-state index contributed by atoms with van der Waals surface area (Å²) in [5, 5.41) is 41.4. The molecule has 20 nitrogen and oxygen atoms in total. The average Bonchev–Trinajstić information content (AvgIpc) is 3.59. The van der Waals surface area contributed by atoms with E-state index in [0.717, 1.165) is 75.0 Å². The number of nitrogen functional groups attached to an aromatic ring is 1. The number of aliphatic hydroxyl groups is 4. The number of hydrogen-bond acceptors (Lipinski definition) is 17. The molecule has 0 aliphatic carbocycles. The third-order valence-electron chi connectivity index (χ3n) is 12.1. The Kier molecular flexibility index (Phi) is 33.8. The van der Waals surface area contributed by atoms with Crippen LogP contribution < -0.4 is 11.4 Å². The minimum atomic E-state index is -5.45. The molecule has 2 unspecified atom stereocenters. The number of aromatic nitrogens is 2. The molecule has 0 aromatic carbocycles. The van der Waals surface area contributed by atoms with Gasteiger partial charge in [-0.1, -0.05) is 154 Å². The smallest absolute Gasteiger partial charge is 0.462 e. The van der Waals surface area contributed by atoms with Crippen molar-refractivity contribution in [3.8, 4) is 0 Å². The topological polar surface area (TPSA) is 306 Å². The van der Waals surface area contributed by atoms with E-state index >= 15 is 0 Å². The Balaban J connectivity index is 1.82. The Morgan fingerprint density at radius 2 is 1.26 bits per heavy atom. The summed E-state index contributed by atoms with van der Waals surface area (Å²) >= 11 is 0. The lowest BCUT2D eigenvalue weighted by Crippen LogP contribution is -2.36. The second-order valence-corrected chi connectivity index (χ2v) is 21.4. The van der Waals surface area contributed by atoms with Crippen molar-refractivity contribution in [3.05, 3.63) is 34.9 Å². The van der Waals surface area contributed by atoms with Gasteiger partial charge < -0.3 is 50.2 Å². The molecular weight excluding hydrogens is 952 g/mol. The van der Waals surface area contributed by atoms with E-state index in [4.69, 9.17) is 29.0 Å². The zero-order valence-corrected chi connectivity index (χ0v) is 43.6.